The van der Waals surface area contributed by atoms with Crippen molar-refractivity contribution in [1.82, 2.24) is 5.32 Å². The highest BCUT2D eigenvalue weighted by molar-refractivity contribution is 7.79. The Morgan fingerprint density at radius 3 is 2.93 bits per heavy atom. The largest absolute Gasteiger partial charge is 0.352 e. The number of nitrogens with one attached hydrogen (secondary N) is 1. The van der Waals surface area contributed by atoms with Crippen LogP contribution in [0.4, 0.5) is 0 Å². The predicted molar refractivity (Wildman–Crippen MR) is 56.1 cm³/mol. The van der Waals surface area contributed by atoms with E-state index < -0.39 is 11.1 Å². The molecule has 1 atom stereocenters. The molecule has 0 radical (unpaired) electrons. The van der Waals surface area contributed by atoms with Crippen molar-refractivity contribution < 1.29 is 13.6 Å². The monoisotopic (exact) mass is 225 g/mol. The molecule has 1 heterocycles. The Bertz CT molecular complexity index is 431. The highest BCUT2D eigenvalue weighted by Crippen LogP contribution is 2.17. The Morgan fingerprint density at radius 2 is 2.20 bits per heavy atom. The van der Waals surface area contributed by atoms with Crippen molar-refractivity contribution in [3.05, 3.63) is 29.3 Å². The minimum atomic E-state index is -2.03. The lowest BCUT2D eigenvalue weighted by molar-refractivity contribution is 0.0956. The Kier molecular flexibility index (Phi) is 2.83. The summed E-state index contributed by atoms with van der Waals surface area (Å²) < 4.78 is 19.8. The van der Waals surface area contributed by atoms with Crippen molar-refractivity contribution in [2.75, 3.05) is 6.54 Å². The van der Waals surface area contributed by atoms with Gasteiger partial charge in [-0.05, 0) is 30.5 Å². The number of benzene rings is 1. The molecule has 0 spiro atoms. The van der Waals surface area contributed by atoms with Gasteiger partial charge in [-0.15, -0.1) is 0 Å². The fraction of sp³-hybridized carbons (Fsp3) is 0.300. The summed E-state index contributed by atoms with van der Waals surface area (Å²) in [6.07, 6.45) is 1.73. The summed E-state index contributed by atoms with van der Waals surface area (Å²) in [5, 5.41) is 2.75. The maximum atomic E-state index is 11.6. The zero-order valence-electron chi connectivity index (χ0n) is 8.03. The molecule has 4 nitrogen and oxygen atoms in total. The van der Waals surface area contributed by atoms with Crippen LogP contribution >= 0.6 is 0 Å². The number of rotatable bonds is 1. The van der Waals surface area contributed by atoms with Crippen LogP contribution in [0.5, 0.6) is 0 Å². The SMILES string of the molecule is O=C1NCCCc2ccc(S(=O)O)cc21. The summed E-state index contributed by atoms with van der Waals surface area (Å²) in [4.78, 5) is 11.9. The lowest BCUT2D eigenvalue weighted by Crippen LogP contribution is -2.22. The first-order valence-corrected chi connectivity index (χ1v) is 5.81. The Labute approximate surface area is 90.0 Å². The predicted octanol–water partition coefficient (Wildman–Crippen LogP) is 0.943. The van der Waals surface area contributed by atoms with Gasteiger partial charge in [-0.1, -0.05) is 6.07 Å². The van der Waals surface area contributed by atoms with Crippen LogP contribution in [0.25, 0.3) is 0 Å². The van der Waals surface area contributed by atoms with Crippen LogP contribution < -0.4 is 5.32 Å². The molecule has 0 bridgehead atoms. The summed E-state index contributed by atoms with van der Waals surface area (Å²) in [6, 6.07) is 4.84. The van der Waals surface area contributed by atoms with Crippen molar-refractivity contribution >= 4 is 17.0 Å². The first-order valence-electron chi connectivity index (χ1n) is 4.70. The van der Waals surface area contributed by atoms with Crippen molar-refractivity contribution in [1.29, 1.82) is 0 Å². The van der Waals surface area contributed by atoms with Crippen LogP contribution in [-0.4, -0.2) is 21.2 Å². The van der Waals surface area contributed by atoms with Gasteiger partial charge >= 0.3 is 0 Å². The van der Waals surface area contributed by atoms with Crippen LogP contribution in [0, 0.1) is 0 Å². The summed E-state index contributed by atoms with van der Waals surface area (Å²) in [5.74, 6) is -0.158. The van der Waals surface area contributed by atoms with Gasteiger partial charge in [0.25, 0.3) is 5.91 Å². The normalized spacial score (nSPS) is 17.5. The molecule has 2 rings (SSSR count). The quantitative estimate of drug-likeness (QED) is 0.699. The number of fused-ring (bicyclic) bond motifs is 1. The highest BCUT2D eigenvalue weighted by Gasteiger charge is 2.16. The molecule has 5 heteroatoms. The highest BCUT2D eigenvalue weighted by atomic mass is 32.2. The number of hydrogen-bond acceptors (Lipinski definition) is 2. The first-order chi connectivity index (χ1) is 7.18. The summed E-state index contributed by atoms with van der Waals surface area (Å²) in [6.45, 7) is 0.658. The number of hydrogen-bond donors (Lipinski definition) is 2. The lowest BCUT2D eigenvalue weighted by Gasteiger charge is -2.05. The van der Waals surface area contributed by atoms with E-state index in [1.165, 1.54) is 6.07 Å². The Hall–Kier alpha value is -1.20. The molecule has 0 saturated heterocycles. The van der Waals surface area contributed by atoms with Crippen molar-refractivity contribution in [2.24, 2.45) is 0 Å². The average Bonchev–Trinajstić information content (AvgIpc) is 2.40. The number of amides is 1. The zero-order valence-corrected chi connectivity index (χ0v) is 8.84. The van der Waals surface area contributed by atoms with Gasteiger partial charge in [-0.25, -0.2) is 4.21 Å². The number of carbonyl (C=O) groups is 1. The maximum absolute atomic E-state index is 11.6. The molecule has 0 aromatic heterocycles. The van der Waals surface area contributed by atoms with Gasteiger partial charge < -0.3 is 9.87 Å². The smallest absolute Gasteiger partial charge is 0.251 e. The van der Waals surface area contributed by atoms with Crippen LogP contribution in [0.15, 0.2) is 23.1 Å². The summed E-state index contributed by atoms with van der Waals surface area (Å²) >= 11 is -2.03. The second-order valence-corrected chi connectivity index (χ2v) is 4.40. The molecule has 1 aliphatic rings. The van der Waals surface area contributed by atoms with Crippen LogP contribution in [0.1, 0.15) is 22.3 Å². The molecule has 1 amide bonds. The standard InChI is InChI=1S/C10H11NO3S/c12-10-9-6-8(15(13)14)4-3-7(9)2-1-5-11-10/h3-4,6H,1-2,5H2,(H,11,12)(H,13,14). The molecule has 80 valence electrons. The number of aryl methyl sites for hydroxylation is 1. The van der Waals surface area contributed by atoms with Crippen LogP contribution in [-0.2, 0) is 17.5 Å². The van der Waals surface area contributed by atoms with Gasteiger partial charge in [0.2, 0.25) is 0 Å². The van der Waals surface area contributed by atoms with Gasteiger partial charge in [0, 0.05) is 12.1 Å². The van der Waals surface area contributed by atoms with Crippen molar-refractivity contribution in [3.63, 3.8) is 0 Å². The molecule has 2 N–H and O–H groups in total. The Balaban J connectivity index is 2.48. The summed E-state index contributed by atoms with van der Waals surface area (Å²) in [7, 11) is 0. The molecule has 0 saturated carbocycles. The fourth-order valence-electron chi connectivity index (χ4n) is 1.67. The van der Waals surface area contributed by atoms with Gasteiger partial charge in [-0.2, -0.15) is 0 Å². The van der Waals surface area contributed by atoms with Crippen molar-refractivity contribution in [3.8, 4) is 0 Å². The topological polar surface area (TPSA) is 66.4 Å². The van der Waals surface area contributed by atoms with E-state index >= 15 is 0 Å². The van der Waals surface area contributed by atoms with E-state index in [1.54, 1.807) is 12.1 Å². The zero-order chi connectivity index (χ0) is 10.8. The molecule has 1 aromatic rings. The van der Waals surface area contributed by atoms with E-state index in [2.05, 4.69) is 5.32 Å². The molecule has 1 unspecified atom stereocenters. The molecular weight excluding hydrogens is 214 g/mol. The van der Waals surface area contributed by atoms with Crippen LogP contribution in [0.3, 0.4) is 0 Å². The minimum absolute atomic E-state index is 0.158. The second-order valence-electron chi connectivity index (χ2n) is 3.43. The maximum Gasteiger partial charge on any atom is 0.251 e. The van der Waals surface area contributed by atoms with Crippen molar-refractivity contribution in [2.45, 2.75) is 17.7 Å². The van der Waals surface area contributed by atoms with Gasteiger partial charge in [0.1, 0.15) is 0 Å². The third kappa shape index (κ3) is 2.08. The van der Waals surface area contributed by atoms with Crippen LogP contribution in [0.2, 0.25) is 0 Å². The first kappa shape index (κ1) is 10.3. The molecule has 0 fully saturated rings. The molecule has 1 aromatic carbocycles. The fourth-order valence-corrected chi connectivity index (χ4v) is 2.07. The van der Waals surface area contributed by atoms with E-state index in [-0.39, 0.29) is 10.8 Å². The second kappa shape index (κ2) is 4.12. The van der Waals surface area contributed by atoms with E-state index in [1.807, 2.05) is 0 Å². The van der Waals surface area contributed by atoms with Gasteiger partial charge in [-0.3, -0.25) is 4.79 Å². The van der Waals surface area contributed by atoms with E-state index in [0.29, 0.717) is 12.1 Å². The summed E-state index contributed by atoms with van der Waals surface area (Å²) in [5.41, 5.74) is 1.46. The lowest BCUT2D eigenvalue weighted by atomic mass is 10.0. The van der Waals surface area contributed by atoms with E-state index in [4.69, 9.17) is 4.55 Å². The molecule has 0 aliphatic carbocycles. The Morgan fingerprint density at radius 1 is 1.40 bits per heavy atom. The molecular formula is C10H11NO3S. The van der Waals surface area contributed by atoms with Gasteiger partial charge in [0.05, 0.1) is 4.90 Å². The third-order valence-electron chi connectivity index (χ3n) is 2.44. The van der Waals surface area contributed by atoms with E-state index in [0.717, 1.165) is 18.4 Å². The van der Waals surface area contributed by atoms with Gasteiger partial charge in [0.15, 0.2) is 11.1 Å². The van der Waals surface area contributed by atoms with E-state index in [9.17, 15) is 9.00 Å². The molecule has 1 aliphatic heterocycles. The third-order valence-corrected chi connectivity index (χ3v) is 3.09. The molecule has 15 heavy (non-hydrogen) atoms. The number of carbonyl (C=O) groups excluding carboxylic acids is 1. The minimum Gasteiger partial charge on any atom is -0.352 e. The average molecular weight is 225 g/mol.